The molecule has 3 rings (SSSR count). The zero-order valence-corrected chi connectivity index (χ0v) is 20.7. The number of sulfonamides is 1. The van der Waals surface area contributed by atoms with E-state index in [2.05, 4.69) is 5.32 Å². The maximum Gasteiger partial charge on any atom is 0.251 e. The van der Waals surface area contributed by atoms with Crippen LogP contribution in [0.25, 0.3) is 0 Å². The van der Waals surface area contributed by atoms with Gasteiger partial charge in [-0.1, -0.05) is 47.5 Å². The van der Waals surface area contributed by atoms with Gasteiger partial charge in [0.15, 0.2) is 0 Å². The average molecular weight is 507 g/mol. The highest BCUT2D eigenvalue weighted by atomic mass is 35.5. The highest BCUT2D eigenvalue weighted by Gasteiger charge is 2.21. The number of hydrogen-bond acceptors (Lipinski definition) is 4. The van der Waals surface area contributed by atoms with Crippen molar-refractivity contribution in [2.75, 3.05) is 17.7 Å². The van der Waals surface area contributed by atoms with Crippen LogP contribution in [-0.2, 0) is 16.6 Å². The van der Waals surface area contributed by atoms with Crippen molar-refractivity contribution in [1.29, 1.82) is 0 Å². The molecule has 0 saturated carbocycles. The summed E-state index contributed by atoms with van der Waals surface area (Å²) in [7, 11) is -2.07. The Hall–Kier alpha value is -2.74. The SMILES string of the molecule is COc1ccccc1[C@H](C)NC(=O)c1ccc(N(Cc2c(Cl)cccc2Cl)S(C)(=O)=O)cc1. The molecular formula is C24H24Cl2N2O4S. The highest BCUT2D eigenvalue weighted by Crippen LogP contribution is 2.29. The molecule has 0 aliphatic carbocycles. The smallest absolute Gasteiger partial charge is 0.251 e. The van der Waals surface area contributed by atoms with E-state index < -0.39 is 10.0 Å². The van der Waals surface area contributed by atoms with Gasteiger partial charge in [-0.15, -0.1) is 0 Å². The molecule has 0 unspecified atom stereocenters. The van der Waals surface area contributed by atoms with Crippen LogP contribution in [0.2, 0.25) is 10.0 Å². The van der Waals surface area contributed by atoms with Crippen LogP contribution in [0, 0.1) is 0 Å². The summed E-state index contributed by atoms with van der Waals surface area (Å²) in [5, 5.41) is 3.68. The summed E-state index contributed by atoms with van der Waals surface area (Å²) in [5.74, 6) is 0.391. The van der Waals surface area contributed by atoms with Gasteiger partial charge in [0, 0.05) is 26.7 Å². The van der Waals surface area contributed by atoms with Crippen molar-refractivity contribution in [3.8, 4) is 5.75 Å². The Morgan fingerprint density at radius 2 is 1.61 bits per heavy atom. The Bertz CT molecular complexity index is 1230. The molecule has 0 heterocycles. The summed E-state index contributed by atoms with van der Waals surface area (Å²) < 4.78 is 31.5. The van der Waals surface area contributed by atoms with E-state index in [1.807, 2.05) is 31.2 Å². The Labute approximate surface area is 204 Å². The van der Waals surface area contributed by atoms with Crippen LogP contribution in [0.4, 0.5) is 5.69 Å². The van der Waals surface area contributed by atoms with Gasteiger partial charge in [0.2, 0.25) is 10.0 Å². The lowest BCUT2D eigenvalue weighted by atomic mass is 10.1. The number of para-hydroxylation sites is 1. The van der Waals surface area contributed by atoms with Gasteiger partial charge in [0.25, 0.3) is 5.91 Å². The molecule has 0 fully saturated rings. The number of benzene rings is 3. The molecule has 9 heteroatoms. The third-order valence-electron chi connectivity index (χ3n) is 5.13. The first-order chi connectivity index (χ1) is 15.6. The standard InChI is InChI=1S/C24H24Cl2N2O4S/c1-16(19-7-4-5-10-23(19)32-2)27-24(29)17-11-13-18(14-12-17)28(33(3,30)31)15-20-21(25)8-6-9-22(20)26/h4-14,16H,15H2,1-3H3,(H,27,29)/t16-/m0/s1. The molecule has 0 saturated heterocycles. The van der Waals surface area contributed by atoms with Crippen molar-refractivity contribution < 1.29 is 17.9 Å². The molecule has 33 heavy (non-hydrogen) atoms. The maximum absolute atomic E-state index is 12.8. The lowest BCUT2D eigenvalue weighted by Gasteiger charge is -2.24. The first-order valence-electron chi connectivity index (χ1n) is 10.1. The third-order valence-corrected chi connectivity index (χ3v) is 6.98. The van der Waals surface area contributed by atoms with Crippen LogP contribution in [-0.4, -0.2) is 27.7 Å². The Balaban J connectivity index is 1.81. The van der Waals surface area contributed by atoms with Gasteiger partial charge in [-0.3, -0.25) is 9.10 Å². The Morgan fingerprint density at radius 1 is 1.00 bits per heavy atom. The number of amides is 1. The lowest BCUT2D eigenvalue weighted by Crippen LogP contribution is -2.30. The third kappa shape index (κ3) is 5.99. The number of anilines is 1. The molecule has 6 nitrogen and oxygen atoms in total. The molecular weight excluding hydrogens is 483 g/mol. The summed E-state index contributed by atoms with van der Waals surface area (Å²) in [6.07, 6.45) is 1.10. The van der Waals surface area contributed by atoms with Crippen LogP contribution in [0.1, 0.15) is 34.5 Å². The number of halogens is 2. The monoisotopic (exact) mass is 506 g/mol. The molecule has 0 radical (unpaired) electrons. The second-order valence-corrected chi connectivity index (χ2v) is 10.2. The highest BCUT2D eigenvalue weighted by molar-refractivity contribution is 7.92. The minimum absolute atomic E-state index is 0.0340. The summed E-state index contributed by atoms with van der Waals surface area (Å²) in [6, 6.07) is 18.5. The first kappa shape index (κ1) is 24.9. The molecule has 0 aliphatic heterocycles. The number of hydrogen-bond donors (Lipinski definition) is 1. The van der Waals surface area contributed by atoms with Gasteiger partial charge in [0.1, 0.15) is 5.75 Å². The maximum atomic E-state index is 12.8. The van der Waals surface area contributed by atoms with Gasteiger partial charge in [-0.2, -0.15) is 0 Å². The largest absolute Gasteiger partial charge is 0.496 e. The van der Waals surface area contributed by atoms with Gasteiger partial charge in [0.05, 0.1) is 31.6 Å². The summed E-state index contributed by atoms with van der Waals surface area (Å²) >= 11 is 12.5. The predicted molar refractivity (Wildman–Crippen MR) is 133 cm³/mol. The predicted octanol–water partition coefficient (Wildman–Crippen LogP) is 5.46. The molecule has 0 bridgehead atoms. The van der Waals surface area contributed by atoms with Crippen molar-refractivity contribution in [3.63, 3.8) is 0 Å². The number of nitrogens with zero attached hydrogens (tertiary/aromatic N) is 1. The quantitative estimate of drug-likeness (QED) is 0.440. The van der Waals surface area contributed by atoms with E-state index in [4.69, 9.17) is 27.9 Å². The van der Waals surface area contributed by atoms with E-state index in [-0.39, 0.29) is 18.5 Å². The van der Waals surface area contributed by atoms with Crippen LogP contribution in [0.3, 0.4) is 0 Å². The fourth-order valence-corrected chi connectivity index (χ4v) is 4.77. The number of ether oxygens (including phenoxy) is 1. The van der Waals surface area contributed by atoms with Crippen molar-refractivity contribution in [2.45, 2.75) is 19.5 Å². The lowest BCUT2D eigenvalue weighted by molar-refractivity contribution is 0.0939. The van der Waals surface area contributed by atoms with E-state index in [1.54, 1.807) is 49.6 Å². The minimum atomic E-state index is -3.64. The Morgan fingerprint density at radius 3 is 2.18 bits per heavy atom. The number of nitrogens with one attached hydrogen (secondary N) is 1. The van der Waals surface area contributed by atoms with Crippen LogP contribution in [0.15, 0.2) is 66.7 Å². The molecule has 0 aliphatic rings. The molecule has 3 aromatic rings. The fourth-order valence-electron chi connectivity index (χ4n) is 3.39. The zero-order chi connectivity index (χ0) is 24.2. The van der Waals surface area contributed by atoms with Crippen molar-refractivity contribution in [1.82, 2.24) is 5.32 Å². The van der Waals surface area contributed by atoms with E-state index >= 15 is 0 Å². The zero-order valence-electron chi connectivity index (χ0n) is 18.4. The normalized spacial score (nSPS) is 12.2. The van der Waals surface area contributed by atoms with Crippen molar-refractivity contribution >= 4 is 44.8 Å². The molecule has 1 N–H and O–H groups in total. The Kier molecular flexibility index (Phi) is 7.89. The summed E-state index contributed by atoms with van der Waals surface area (Å²) in [4.78, 5) is 12.8. The minimum Gasteiger partial charge on any atom is -0.496 e. The second kappa shape index (κ2) is 10.5. The number of carbonyl (C=O) groups excluding carboxylic acids is 1. The fraction of sp³-hybridized carbons (Fsp3) is 0.208. The van der Waals surface area contributed by atoms with Gasteiger partial charge < -0.3 is 10.1 Å². The van der Waals surface area contributed by atoms with Crippen LogP contribution < -0.4 is 14.4 Å². The first-order valence-corrected chi connectivity index (χ1v) is 12.7. The van der Waals surface area contributed by atoms with Gasteiger partial charge in [-0.25, -0.2) is 8.42 Å². The average Bonchev–Trinajstić information content (AvgIpc) is 2.78. The number of rotatable bonds is 8. The van der Waals surface area contributed by atoms with E-state index in [1.165, 1.54) is 4.31 Å². The van der Waals surface area contributed by atoms with Crippen molar-refractivity contribution in [3.05, 3.63) is 93.5 Å². The van der Waals surface area contributed by atoms with Crippen LogP contribution >= 0.6 is 23.2 Å². The molecule has 0 aromatic heterocycles. The molecule has 3 aromatic carbocycles. The summed E-state index contributed by atoms with van der Waals surface area (Å²) in [5.41, 5.74) is 2.14. The van der Waals surface area contributed by atoms with E-state index in [9.17, 15) is 13.2 Å². The van der Waals surface area contributed by atoms with E-state index in [0.717, 1.165) is 11.8 Å². The second-order valence-electron chi connectivity index (χ2n) is 7.45. The topological polar surface area (TPSA) is 75.7 Å². The number of methoxy groups -OCH3 is 1. The summed E-state index contributed by atoms with van der Waals surface area (Å²) in [6.45, 7) is 1.83. The van der Waals surface area contributed by atoms with E-state index in [0.29, 0.717) is 32.6 Å². The van der Waals surface area contributed by atoms with Crippen molar-refractivity contribution in [2.24, 2.45) is 0 Å². The molecule has 1 atom stereocenters. The molecule has 174 valence electrons. The van der Waals surface area contributed by atoms with Gasteiger partial charge in [-0.05, 0) is 49.4 Å². The molecule has 1 amide bonds. The molecule has 0 spiro atoms. The van der Waals surface area contributed by atoms with Crippen LogP contribution in [0.5, 0.6) is 5.75 Å². The number of carbonyl (C=O) groups is 1. The van der Waals surface area contributed by atoms with Gasteiger partial charge >= 0.3 is 0 Å².